The number of carbonyl (C=O) groups excluding carboxylic acids is 3. The second-order valence-electron chi connectivity index (χ2n) is 18.8. The number of rotatable bonds is 51. The number of hydrogen-bond donors (Lipinski definition) is 0. The first-order valence-corrected chi connectivity index (χ1v) is 29.0. The normalized spacial score (nSPS) is 13.0. The van der Waals surface area contributed by atoms with Gasteiger partial charge in [0.05, 0.1) is 0 Å². The van der Waals surface area contributed by atoms with Gasteiger partial charge in [-0.15, -0.1) is 0 Å². The van der Waals surface area contributed by atoms with Crippen LogP contribution in [0.1, 0.15) is 252 Å². The van der Waals surface area contributed by atoms with Gasteiger partial charge in [0.25, 0.3) is 0 Å². The molecular weight excluding hydrogens is 877 g/mol. The number of ether oxygens (including phenoxy) is 3. The maximum absolute atomic E-state index is 12.8. The van der Waals surface area contributed by atoms with Crippen LogP contribution >= 0.6 is 0 Å². The summed E-state index contributed by atoms with van der Waals surface area (Å²) < 4.78 is 16.7. The van der Waals surface area contributed by atoms with Crippen LogP contribution in [0.4, 0.5) is 0 Å². The maximum Gasteiger partial charge on any atom is 0.306 e. The van der Waals surface area contributed by atoms with E-state index in [1.54, 1.807) is 0 Å². The van der Waals surface area contributed by atoms with Crippen LogP contribution in [0.15, 0.2) is 122 Å². The molecule has 0 spiro atoms. The van der Waals surface area contributed by atoms with Crippen molar-refractivity contribution in [1.29, 1.82) is 0 Å². The van der Waals surface area contributed by atoms with E-state index in [9.17, 15) is 14.4 Å². The molecular formula is C65H106O6. The van der Waals surface area contributed by atoms with Gasteiger partial charge in [-0.3, -0.25) is 14.4 Å². The molecule has 0 radical (unpaired) electrons. The number of allylic oxidation sites excluding steroid dienone is 20. The van der Waals surface area contributed by atoms with Gasteiger partial charge >= 0.3 is 17.9 Å². The third-order valence-electron chi connectivity index (χ3n) is 12.0. The molecule has 0 amide bonds. The smallest absolute Gasteiger partial charge is 0.306 e. The highest BCUT2D eigenvalue weighted by molar-refractivity contribution is 5.71. The number of carbonyl (C=O) groups is 3. The third-order valence-corrected chi connectivity index (χ3v) is 12.0. The van der Waals surface area contributed by atoms with Crippen molar-refractivity contribution in [1.82, 2.24) is 0 Å². The number of hydrogen-bond acceptors (Lipinski definition) is 6. The van der Waals surface area contributed by atoms with Gasteiger partial charge in [-0.1, -0.05) is 245 Å². The first-order valence-electron chi connectivity index (χ1n) is 29.0. The Labute approximate surface area is 437 Å². The van der Waals surface area contributed by atoms with E-state index in [0.717, 1.165) is 148 Å². The number of unbranched alkanes of at least 4 members (excludes halogenated alkanes) is 20. The second-order valence-corrected chi connectivity index (χ2v) is 18.8. The molecule has 0 aromatic carbocycles. The molecule has 0 aliphatic carbocycles. The fourth-order valence-corrected chi connectivity index (χ4v) is 7.67. The molecule has 0 heterocycles. The summed E-state index contributed by atoms with van der Waals surface area (Å²) in [5.74, 6) is -0.934. The van der Waals surface area contributed by atoms with Crippen LogP contribution in [0.5, 0.6) is 0 Å². The zero-order valence-electron chi connectivity index (χ0n) is 45.9. The Kier molecular flexibility index (Phi) is 54.9. The van der Waals surface area contributed by atoms with Crippen molar-refractivity contribution in [3.05, 3.63) is 122 Å². The molecule has 402 valence electrons. The maximum atomic E-state index is 12.8. The van der Waals surface area contributed by atoms with Gasteiger partial charge in [0.2, 0.25) is 0 Å². The van der Waals surface area contributed by atoms with Crippen molar-refractivity contribution >= 4 is 17.9 Å². The molecule has 0 aliphatic rings. The summed E-state index contributed by atoms with van der Waals surface area (Å²) in [5, 5.41) is 0. The minimum absolute atomic E-state index is 0.0917. The first kappa shape index (κ1) is 66.8. The molecule has 71 heavy (non-hydrogen) atoms. The Morgan fingerprint density at radius 2 is 0.549 bits per heavy atom. The van der Waals surface area contributed by atoms with Gasteiger partial charge in [0.1, 0.15) is 13.2 Å². The van der Waals surface area contributed by atoms with E-state index in [-0.39, 0.29) is 31.1 Å². The topological polar surface area (TPSA) is 78.9 Å². The Hall–Kier alpha value is -4.19. The van der Waals surface area contributed by atoms with Crippen LogP contribution in [-0.2, 0) is 28.6 Å². The van der Waals surface area contributed by atoms with Gasteiger partial charge in [-0.2, -0.15) is 0 Å². The summed E-state index contributed by atoms with van der Waals surface area (Å²) in [6.07, 6.45) is 80.9. The van der Waals surface area contributed by atoms with Gasteiger partial charge < -0.3 is 14.2 Å². The van der Waals surface area contributed by atoms with Crippen LogP contribution in [-0.4, -0.2) is 37.2 Å². The lowest BCUT2D eigenvalue weighted by molar-refractivity contribution is -0.167. The monoisotopic (exact) mass is 983 g/mol. The van der Waals surface area contributed by atoms with Crippen molar-refractivity contribution in [2.45, 2.75) is 258 Å². The summed E-state index contributed by atoms with van der Waals surface area (Å²) in [6, 6.07) is 0. The Balaban J connectivity index is 4.16. The van der Waals surface area contributed by atoms with Crippen molar-refractivity contribution in [3.63, 3.8) is 0 Å². The van der Waals surface area contributed by atoms with Crippen LogP contribution in [0, 0.1) is 0 Å². The summed E-state index contributed by atoms with van der Waals surface area (Å²) in [5.41, 5.74) is 0. The lowest BCUT2D eigenvalue weighted by Crippen LogP contribution is -2.30. The minimum atomic E-state index is -0.792. The molecule has 0 aromatic heterocycles. The lowest BCUT2D eigenvalue weighted by Gasteiger charge is -2.18. The summed E-state index contributed by atoms with van der Waals surface area (Å²) in [6.45, 7) is 6.30. The standard InChI is InChI=1S/C65H106O6/c1-4-7-10-13-15-17-19-21-23-25-27-29-31-32-34-35-37-39-41-43-45-47-49-52-55-58-64(67)70-61-62(60-69-63(66)57-54-51-12-9-6-3)71-65(68)59-56-53-50-48-46-44-42-40-38-36-33-30-28-26-24-22-20-18-16-14-11-8-5-2/h7-8,10-11,15-18,21-24,27-30,36,38,42,44,62H,4-6,9,12-14,19-20,25-26,31-35,37,39-41,43,45-61H2,1-3H3/b10-7-,11-8-,17-15-,18-16-,23-21-,24-22-,29-27-,30-28-,38-36-,44-42-. The van der Waals surface area contributed by atoms with Gasteiger partial charge in [-0.05, 0) is 109 Å². The molecule has 0 aliphatic heterocycles. The Bertz CT molecular complexity index is 1500. The van der Waals surface area contributed by atoms with Crippen molar-refractivity contribution in [2.24, 2.45) is 0 Å². The zero-order chi connectivity index (χ0) is 51.4. The van der Waals surface area contributed by atoms with Gasteiger partial charge in [0, 0.05) is 19.3 Å². The second kappa shape index (κ2) is 58.4. The quantitative estimate of drug-likeness (QED) is 0.0261. The zero-order valence-corrected chi connectivity index (χ0v) is 45.9. The molecule has 1 unspecified atom stereocenters. The van der Waals surface area contributed by atoms with E-state index in [1.165, 1.54) is 64.2 Å². The van der Waals surface area contributed by atoms with Crippen LogP contribution in [0.3, 0.4) is 0 Å². The number of esters is 3. The Morgan fingerprint density at radius 3 is 0.859 bits per heavy atom. The largest absolute Gasteiger partial charge is 0.462 e. The fraction of sp³-hybridized carbons (Fsp3) is 0.646. The molecule has 0 rings (SSSR count). The summed E-state index contributed by atoms with van der Waals surface area (Å²) >= 11 is 0. The summed E-state index contributed by atoms with van der Waals surface area (Å²) in [7, 11) is 0. The molecule has 0 saturated carbocycles. The molecule has 0 saturated heterocycles. The SMILES string of the molecule is CC/C=C\C/C=C\C/C=C\C/C=C\C/C=C\C/C=C\CCCCCCC(=O)OC(COC(=O)CCCCCCC)COC(=O)CCCCCCCCCCCCCC/C=C\C/C=C\C/C=C\C/C=C\CC. The summed E-state index contributed by atoms with van der Waals surface area (Å²) in [4.78, 5) is 37.8. The molecule has 0 aromatic rings. The Morgan fingerprint density at radius 1 is 0.296 bits per heavy atom. The van der Waals surface area contributed by atoms with Gasteiger partial charge in [0.15, 0.2) is 6.10 Å². The van der Waals surface area contributed by atoms with Crippen molar-refractivity contribution in [3.8, 4) is 0 Å². The molecule has 1 atom stereocenters. The van der Waals surface area contributed by atoms with Crippen molar-refractivity contribution in [2.75, 3.05) is 13.2 Å². The highest BCUT2D eigenvalue weighted by Crippen LogP contribution is 2.15. The van der Waals surface area contributed by atoms with E-state index >= 15 is 0 Å². The van der Waals surface area contributed by atoms with E-state index in [0.29, 0.717) is 19.3 Å². The van der Waals surface area contributed by atoms with E-state index < -0.39 is 6.10 Å². The highest BCUT2D eigenvalue weighted by Gasteiger charge is 2.19. The first-order chi connectivity index (χ1) is 35.0. The lowest BCUT2D eigenvalue weighted by atomic mass is 10.0. The fourth-order valence-electron chi connectivity index (χ4n) is 7.67. The van der Waals surface area contributed by atoms with E-state index in [4.69, 9.17) is 14.2 Å². The highest BCUT2D eigenvalue weighted by atomic mass is 16.6. The minimum Gasteiger partial charge on any atom is -0.462 e. The van der Waals surface area contributed by atoms with Crippen LogP contribution in [0.2, 0.25) is 0 Å². The van der Waals surface area contributed by atoms with E-state index in [2.05, 4.69) is 142 Å². The molecule has 0 N–H and O–H groups in total. The predicted octanol–water partition coefficient (Wildman–Crippen LogP) is 19.6. The third kappa shape index (κ3) is 56.6. The predicted molar refractivity (Wildman–Crippen MR) is 306 cm³/mol. The van der Waals surface area contributed by atoms with E-state index in [1.807, 2.05) is 0 Å². The van der Waals surface area contributed by atoms with Crippen LogP contribution < -0.4 is 0 Å². The van der Waals surface area contributed by atoms with Crippen molar-refractivity contribution < 1.29 is 28.6 Å². The average Bonchev–Trinajstić information content (AvgIpc) is 3.37. The molecule has 0 bridgehead atoms. The molecule has 0 fully saturated rings. The molecule has 6 nitrogen and oxygen atoms in total. The average molecular weight is 984 g/mol. The van der Waals surface area contributed by atoms with Crippen LogP contribution in [0.25, 0.3) is 0 Å². The van der Waals surface area contributed by atoms with Gasteiger partial charge in [-0.25, -0.2) is 0 Å². The molecule has 6 heteroatoms.